The molecule has 0 spiro atoms. The Labute approximate surface area is 115 Å². The zero-order chi connectivity index (χ0) is 13.7. The minimum absolute atomic E-state index is 0.0264. The molecule has 0 saturated carbocycles. The van der Waals surface area contributed by atoms with Crippen LogP contribution < -0.4 is 10.2 Å². The maximum absolute atomic E-state index is 11.7. The van der Waals surface area contributed by atoms with Gasteiger partial charge in [-0.05, 0) is 18.4 Å². The summed E-state index contributed by atoms with van der Waals surface area (Å²) in [5, 5.41) is 2.73. The first-order chi connectivity index (χ1) is 9.22. The van der Waals surface area contributed by atoms with E-state index in [1.165, 1.54) is 22.4 Å². The van der Waals surface area contributed by atoms with Crippen molar-refractivity contribution in [2.24, 2.45) is 0 Å². The third kappa shape index (κ3) is 3.36. The zero-order valence-electron chi connectivity index (χ0n) is 11.4. The Bertz CT molecular complexity index is 490. The van der Waals surface area contributed by atoms with Gasteiger partial charge in [-0.15, -0.1) is 6.42 Å². The molecule has 1 aliphatic rings. The molecule has 1 aliphatic carbocycles. The first kappa shape index (κ1) is 13.6. The van der Waals surface area contributed by atoms with E-state index in [1.54, 1.807) is 0 Å². The first-order valence-corrected chi connectivity index (χ1v) is 6.82. The van der Waals surface area contributed by atoms with Crippen LogP contribution in [0.3, 0.4) is 0 Å². The van der Waals surface area contributed by atoms with Gasteiger partial charge in [0.15, 0.2) is 6.54 Å². The molecule has 100 valence electrons. The zero-order valence-corrected chi connectivity index (χ0v) is 11.4. The molecule has 0 fully saturated rings. The van der Waals surface area contributed by atoms with E-state index >= 15 is 0 Å². The molecule has 0 aliphatic heterocycles. The predicted octanol–water partition coefficient (Wildman–Crippen LogP) is 0.328. The Morgan fingerprint density at radius 3 is 3.11 bits per heavy atom. The van der Waals surface area contributed by atoms with Gasteiger partial charge in [-0.2, -0.15) is 0 Å². The van der Waals surface area contributed by atoms with Gasteiger partial charge in [0.2, 0.25) is 0 Å². The van der Waals surface area contributed by atoms with Crippen molar-refractivity contribution in [2.75, 3.05) is 20.1 Å². The Morgan fingerprint density at radius 2 is 2.32 bits per heavy atom. The monoisotopic (exact) mass is 257 g/mol. The molecule has 3 nitrogen and oxygen atoms in total. The molecule has 2 rings (SSSR count). The minimum atomic E-state index is 0.0264. The highest BCUT2D eigenvalue weighted by atomic mass is 16.2. The van der Waals surface area contributed by atoms with Crippen molar-refractivity contribution in [3.63, 3.8) is 0 Å². The average molecular weight is 257 g/mol. The summed E-state index contributed by atoms with van der Waals surface area (Å²) in [6, 6.07) is 9.00. The minimum Gasteiger partial charge on any atom is -0.340 e. The topological polar surface area (TPSA) is 33.5 Å². The van der Waals surface area contributed by atoms with E-state index in [4.69, 9.17) is 6.42 Å². The number of carbonyl (C=O) groups is 1. The van der Waals surface area contributed by atoms with Crippen molar-refractivity contribution in [1.29, 1.82) is 0 Å². The molecule has 19 heavy (non-hydrogen) atoms. The second-order valence-corrected chi connectivity index (χ2v) is 5.15. The van der Waals surface area contributed by atoms with E-state index in [0.29, 0.717) is 19.1 Å². The summed E-state index contributed by atoms with van der Waals surface area (Å²) >= 11 is 0. The van der Waals surface area contributed by atoms with Gasteiger partial charge in [0.05, 0.1) is 13.6 Å². The van der Waals surface area contributed by atoms with Crippen molar-refractivity contribution in [3.05, 3.63) is 35.4 Å². The molecule has 2 N–H and O–H groups in total. The number of amides is 1. The molecule has 1 aromatic carbocycles. The molecule has 1 amide bonds. The third-order valence-electron chi connectivity index (χ3n) is 3.79. The molecule has 0 bridgehead atoms. The van der Waals surface area contributed by atoms with Crippen LogP contribution >= 0.6 is 0 Å². The van der Waals surface area contributed by atoms with Crippen LogP contribution in [0.4, 0.5) is 0 Å². The quantitative estimate of drug-likeness (QED) is 0.749. The fraction of sp³-hybridized carbons (Fsp3) is 0.438. The standard InChI is InChI=1S/C16H20N2O/c1-3-11-17-16(19)12-18(2)15-10-6-8-13-7-4-5-9-14(13)15/h1,4-5,7,9,15H,6,8,10-12H2,2H3,(H,17,19)/p+1/t15-/m1/s1. The molecule has 3 heteroatoms. The van der Waals surface area contributed by atoms with E-state index < -0.39 is 0 Å². The lowest BCUT2D eigenvalue weighted by Gasteiger charge is -2.30. The number of quaternary nitrogens is 1. The molecule has 0 radical (unpaired) electrons. The van der Waals surface area contributed by atoms with Crippen molar-refractivity contribution < 1.29 is 9.69 Å². The smallest absolute Gasteiger partial charge is 0.275 e. The van der Waals surface area contributed by atoms with Gasteiger partial charge in [0.1, 0.15) is 6.04 Å². The van der Waals surface area contributed by atoms with E-state index in [0.717, 1.165) is 12.8 Å². The molecular formula is C16H21N2O+. The van der Waals surface area contributed by atoms with E-state index in [1.807, 2.05) is 0 Å². The van der Waals surface area contributed by atoms with Crippen LogP contribution in [0.5, 0.6) is 0 Å². The van der Waals surface area contributed by atoms with Crippen molar-refractivity contribution in [3.8, 4) is 12.3 Å². The normalized spacial score (nSPS) is 19.1. The second-order valence-electron chi connectivity index (χ2n) is 5.15. The Balaban J connectivity index is 2.03. The summed E-state index contributed by atoms with van der Waals surface area (Å²) in [5.41, 5.74) is 2.83. The van der Waals surface area contributed by atoms with Gasteiger partial charge in [0.25, 0.3) is 5.91 Å². The maximum Gasteiger partial charge on any atom is 0.275 e. The number of terminal acetylenes is 1. The highest BCUT2D eigenvalue weighted by molar-refractivity contribution is 5.77. The summed E-state index contributed by atoms with van der Waals surface area (Å²) in [6.45, 7) is 0.786. The molecule has 2 atom stereocenters. The summed E-state index contributed by atoms with van der Waals surface area (Å²) in [4.78, 5) is 13.0. The van der Waals surface area contributed by atoms with Gasteiger partial charge < -0.3 is 10.2 Å². The van der Waals surface area contributed by atoms with E-state index in [-0.39, 0.29) is 5.91 Å². The summed E-state index contributed by atoms with van der Waals surface area (Å²) in [6.07, 6.45) is 8.64. The summed E-state index contributed by atoms with van der Waals surface area (Å²) < 4.78 is 0. The largest absolute Gasteiger partial charge is 0.340 e. The van der Waals surface area contributed by atoms with Gasteiger partial charge in [-0.1, -0.05) is 30.2 Å². The first-order valence-electron chi connectivity index (χ1n) is 6.82. The van der Waals surface area contributed by atoms with Gasteiger partial charge in [-0.25, -0.2) is 0 Å². The molecule has 1 unspecified atom stereocenters. The third-order valence-corrected chi connectivity index (χ3v) is 3.79. The number of nitrogens with one attached hydrogen (secondary N) is 2. The highest BCUT2D eigenvalue weighted by Crippen LogP contribution is 2.27. The lowest BCUT2D eigenvalue weighted by atomic mass is 9.87. The van der Waals surface area contributed by atoms with E-state index in [2.05, 4.69) is 42.6 Å². The lowest BCUT2D eigenvalue weighted by Crippen LogP contribution is -3.10. The van der Waals surface area contributed by atoms with Crippen LogP contribution in [0.25, 0.3) is 0 Å². The van der Waals surface area contributed by atoms with Crippen LogP contribution in [-0.2, 0) is 11.2 Å². The van der Waals surface area contributed by atoms with Gasteiger partial charge in [-0.3, -0.25) is 4.79 Å². The number of hydrogen-bond acceptors (Lipinski definition) is 1. The summed E-state index contributed by atoms with van der Waals surface area (Å²) in [7, 11) is 2.09. The van der Waals surface area contributed by atoms with E-state index in [9.17, 15) is 4.79 Å². The Kier molecular flexibility index (Phi) is 4.59. The maximum atomic E-state index is 11.7. The number of likely N-dealkylation sites (N-methyl/N-ethyl adjacent to an activating group) is 1. The lowest BCUT2D eigenvalue weighted by molar-refractivity contribution is -0.905. The average Bonchev–Trinajstić information content (AvgIpc) is 2.44. The Hall–Kier alpha value is -1.79. The van der Waals surface area contributed by atoms with Crippen LogP contribution in [0.1, 0.15) is 30.0 Å². The number of fused-ring (bicyclic) bond motifs is 1. The molecule has 0 saturated heterocycles. The number of carbonyl (C=O) groups excluding carboxylic acids is 1. The molecule has 0 heterocycles. The van der Waals surface area contributed by atoms with Crippen LogP contribution in [0.15, 0.2) is 24.3 Å². The van der Waals surface area contributed by atoms with Crippen molar-refractivity contribution in [2.45, 2.75) is 25.3 Å². The number of aryl methyl sites for hydroxylation is 1. The molecular weight excluding hydrogens is 236 g/mol. The predicted molar refractivity (Wildman–Crippen MR) is 75.7 cm³/mol. The van der Waals surface area contributed by atoms with Gasteiger partial charge in [0, 0.05) is 12.0 Å². The van der Waals surface area contributed by atoms with Crippen molar-refractivity contribution in [1.82, 2.24) is 5.32 Å². The van der Waals surface area contributed by atoms with Crippen LogP contribution in [0, 0.1) is 12.3 Å². The SMILES string of the molecule is C#CCNC(=O)C[NH+](C)[C@@H]1CCCc2ccccc21. The van der Waals surface area contributed by atoms with Gasteiger partial charge >= 0.3 is 0 Å². The fourth-order valence-electron chi connectivity index (χ4n) is 2.85. The molecule has 0 aromatic heterocycles. The Morgan fingerprint density at radius 1 is 1.53 bits per heavy atom. The summed E-state index contributed by atoms with van der Waals surface area (Å²) in [5.74, 6) is 2.45. The number of hydrogen-bond donors (Lipinski definition) is 2. The molecule has 1 aromatic rings. The van der Waals surface area contributed by atoms with Crippen LogP contribution in [-0.4, -0.2) is 26.0 Å². The fourth-order valence-corrected chi connectivity index (χ4v) is 2.85. The number of rotatable bonds is 4. The second kappa shape index (κ2) is 6.40. The highest BCUT2D eigenvalue weighted by Gasteiger charge is 2.27. The number of benzene rings is 1. The van der Waals surface area contributed by atoms with Crippen molar-refractivity contribution >= 4 is 5.91 Å². The van der Waals surface area contributed by atoms with Crippen LogP contribution in [0.2, 0.25) is 0 Å².